The quantitative estimate of drug-likeness (QED) is 0.874. The van der Waals surface area contributed by atoms with Crippen LogP contribution in [0.3, 0.4) is 0 Å². The summed E-state index contributed by atoms with van der Waals surface area (Å²) in [4.78, 5) is 27.5. The lowest BCUT2D eigenvalue weighted by Gasteiger charge is -2.32. The zero-order valence-electron chi connectivity index (χ0n) is 14.9. The molecule has 2 aromatic rings. The molecule has 7 heteroatoms. The maximum atomic E-state index is 12.5. The molecule has 0 aliphatic carbocycles. The maximum Gasteiger partial charge on any atom is 0.263 e. The van der Waals surface area contributed by atoms with E-state index >= 15 is 0 Å². The third-order valence-corrected chi connectivity index (χ3v) is 5.35. The number of carbonyl (C=O) groups is 2. The van der Waals surface area contributed by atoms with Gasteiger partial charge in [-0.2, -0.15) is 0 Å². The largest absolute Gasteiger partial charge is 0.493 e. The minimum Gasteiger partial charge on any atom is -0.493 e. The highest BCUT2D eigenvalue weighted by Gasteiger charge is 2.25. The Balaban J connectivity index is 1.56. The van der Waals surface area contributed by atoms with Gasteiger partial charge in [0.05, 0.1) is 19.1 Å². The number of hydrogen-bond donors (Lipinski definition) is 1. The Hall–Kier alpha value is -2.54. The van der Waals surface area contributed by atoms with E-state index < -0.39 is 0 Å². The summed E-state index contributed by atoms with van der Waals surface area (Å²) in [5, 5.41) is 4.95. The van der Waals surface area contributed by atoms with Crippen LogP contribution in [-0.2, 0) is 0 Å². The number of carbonyl (C=O) groups excluding carboxylic acids is 2. The smallest absolute Gasteiger partial charge is 0.263 e. The van der Waals surface area contributed by atoms with Crippen LogP contribution in [0.1, 0.15) is 32.9 Å². The summed E-state index contributed by atoms with van der Waals surface area (Å²) in [5.41, 5.74) is 0.528. The number of nitrogens with one attached hydrogen (secondary N) is 1. The number of piperidine rings is 1. The Morgan fingerprint density at radius 3 is 2.46 bits per heavy atom. The van der Waals surface area contributed by atoms with Crippen molar-refractivity contribution in [1.29, 1.82) is 0 Å². The van der Waals surface area contributed by atoms with Gasteiger partial charge in [-0.3, -0.25) is 9.59 Å². The molecule has 1 fully saturated rings. The number of likely N-dealkylation sites (tertiary alicyclic amines) is 1. The van der Waals surface area contributed by atoms with Crippen molar-refractivity contribution >= 4 is 23.2 Å². The first-order chi connectivity index (χ1) is 12.6. The molecule has 26 heavy (non-hydrogen) atoms. The highest BCUT2D eigenvalue weighted by Crippen LogP contribution is 2.27. The second-order valence-electron chi connectivity index (χ2n) is 6.09. The standard InChI is InChI=1S/C19H22N2O4S/c1-24-15-6-5-13(12-16(15)25-2)18(22)20-14-7-9-21(10-8-14)19(23)17-4-3-11-26-17/h3-6,11-12,14H,7-10H2,1-2H3,(H,20,22). The molecular formula is C19H22N2O4S. The average molecular weight is 374 g/mol. The van der Waals surface area contributed by atoms with Crippen LogP contribution in [0.15, 0.2) is 35.7 Å². The minimum absolute atomic E-state index is 0.0583. The van der Waals surface area contributed by atoms with Crippen molar-refractivity contribution in [2.45, 2.75) is 18.9 Å². The molecule has 138 valence electrons. The molecule has 1 aromatic carbocycles. The van der Waals surface area contributed by atoms with Gasteiger partial charge in [-0.1, -0.05) is 6.07 Å². The lowest BCUT2D eigenvalue weighted by atomic mass is 10.0. The summed E-state index contributed by atoms with van der Waals surface area (Å²) in [6.45, 7) is 1.29. The third-order valence-electron chi connectivity index (χ3n) is 4.50. The Morgan fingerprint density at radius 2 is 1.85 bits per heavy atom. The van der Waals surface area contributed by atoms with Gasteiger partial charge in [0, 0.05) is 24.7 Å². The van der Waals surface area contributed by atoms with Gasteiger partial charge in [-0.15, -0.1) is 11.3 Å². The van der Waals surface area contributed by atoms with Gasteiger partial charge < -0.3 is 19.7 Å². The average Bonchev–Trinajstić information content (AvgIpc) is 3.22. The van der Waals surface area contributed by atoms with Crippen LogP contribution in [-0.4, -0.2) is 50.1 Å². The molecule has 6 nitrogen and oxygen atoms in total. The molecule has 0 spiro atoms. The number of benzene rings is 1. The van der Waals surface area contributed by atoms with Crippen LogP contribution < -0.4 is 14.8 Å². The predicted molar refractivity (Wildman–Crippen MR) is 100 cm³/mol. The molecule has 1 aromatic heterocycles. The zero-order valence-corrected chi connectivity index (χ0v) is 15.7. The summed E-state index contributed by atoms with van der Waals surface area (Å²) >= 11 is 1.46. The fourth-order valence-corrected chi connectivity index (χ4v) is 3.72. The summed E-state index contributed by atoms with van der Waals surface area (Å²) in [6, 6.07) is 8.89. The molecular weight excluding hydrogens is 352 g/mol. The number of amides is 2. The molecule has 0 atom stereocenters. The van der Waals surface area contributed by atoms with Gasteiger partial charge in [0.1, 0.15) is 0 Å². The van der Waals surface area contributed by atoms with Crippen molar-refractivity contribution in [1.82, 2.24) is 10.2 Å². The van der Waals surface area contributed by atoms with E-state index in [2.05, 4.69) is 5.32 Å². The number of nitrogens with zero attached hydrogens (tertiary/aromatic N) is 1. The molecule has 1 N–H and O–H groups in total. The molecule has 0 bridgehead atoms. The minimum atomic E-state index is -0.144. The van der Waals surface area contributed by atoms with Crippen molar-refractivity contribution in [2.24, 2.45) is 0 Å². The number of rotatable bonds is 5. The third kappa shape index (κ3) is 3.99. The van der Waals surface area contributed by atoms with Crippen LogP contribution >= 0.6 is 11.3 Å². The first kappa shape index (κ1) is 18.3. The van der Waals surface area contributed by atoms with Crippen LogP contribution in [0, 0.1) is 0 Å². The van der Waals surface area contributed by atoms with E-state index in [1.807, 2.05) is 22.4 Å². The number of ether oxygens (including phenoxy) is 2. The first-order valence-electron chi connectivity index (χ1n) is 8.48. The topological polar surface area (TPSA) is 67.9 Å². The van der Waals surface area contributed by atoms with Gasteiger partial charge in [0.15, 0.2) is 11.5 Å². The van der Waals surface area contributed by atoms with Crippen molar-refractivity contribution in [3.05, 3.63) is 46.2 Å². The van der Waals surface area contributed by atoms with E-state index in [0.29, 0.717) is 30.2 Å². The summed E-state index contributed by atoms with van der Waals surface area (Å²) < 4.78 is 10.4. The second kappa shape index (κ2) is 8.23. The monoisotopic (exact) mass is 374 g/mol. The zero-order chi connectivity index (χ0) is 18.5. The lowest BCUT2D eigenvalue weighted by Crippen LogP contribution is -2.46. The summed E-state index contributed by atoms with van der Waals surface area (Å²) in [7, 11) is 3.10. The second-order valence-corrected chi connectivity index (χ2v) is 7.03. The van der Waals surface area contributed by atoms with Crippen molar-refractivity contribution < 1.29 is 19.1 Å². The van der Waals surface area contributed by atoms with E-state index in [4.69, 9.17) is 9.47 Å². The van der Waals surface area contributed by atoms with Crippen LogP contribution in [0.25, 0.3) is 0 Å². The van der Waals surface area contributed by atoms with Crippen LogP contribution in [0.5, 0.6) is 11.5 Å². The van der Waals surface area contributed by atoms with Gasteiger partial charge in [0.25, 0.3) is 11.8 Å². The SMILES string of the molecule is COc1ccc(C(=O)NC2CCN(C(=O)c3cccs3)CC2)cc1OC. The van der Waals surface area contributed by atoms with Crippen molar-refractivity contribution in [3.63, 3.8) is 0 Å². The Bertz CT molecular complexity index is 768. The maximum absolute atomic E-state index is 12.5. The number of methoxy groups -OCH3 is 2. The summed E-state index contributed by atoms with van der Waals surface area (Å²) in [5.74, 6) is 1.04. The number of thiophene rings is 1. The van der Waals surface area contributed by atoms with E-state index in [0.717, 1.165) is 17.7 Å². The first-order valence-corrected chi connectivity index (χ1v) is 9.36. The Morgan fingerprint density at radius 1 is 1.12 bits per heavy atom. The van der Waals surface area contributed by atoms with E-state index in [1.165, 1.54) is 11.3 Å². The molecule has 0 unspecified atom stereocenters. The summed E-state index contributed by atoms with van der Waals surface area (Å²) in [6.07, 6.45) is 1.49. The number of hydrogen-bond acceptors (Lipinski definition) is 5. The molecule has 2 heterocycles. The molecule has 2 amide bonds. The fourth-order valence-electron chi connectivity index (χ4n) is 3.03. The normalized spacial score (nSPS) is 14.8. The Labute approximate surface area is 156 Å². The van der Waals surface area contributed by atoms with Gasteiger partial charge >= 0.3 is 0 Å². The van der Waals surface area contributed by atoms with Gasteiger partial charge in [0.2, 0.25) is 0 Å². The van der Waals surface area contributed by atoms with E-state index in [1.54, 1.807) is 32.4 Å². The van der Waals surface area contributed by atoms with Crippen LogP contribution in [0.2, 0.25) is 0 Å². The van der Waals surface area contributed by atoms with Gasteiger partial charge in [-0.05, 0) is 42.5 Å². The Kier molecular flexibility index (Phi) is 5.78. The molecule has 0 saturated carbocycles. The predicted octanol–water partition coefficient (Wildman–Crippen LogP) is 2.80. The van der Waals surface area contributed by atoms with Gasteiger partial charge in [-0.25, -0.2) is 0 Å². The fraction of sp³-hybridized carbons (Fsp3) is 0.368. The molecule has 1 aliphatic rings. The van der Waals surface area contributed by atoms with Crippen LogP contribution in [0.4, 0.5) is 0 Å². The van der Waals surface area contributed by atoms with E-state index in [9.17, 15) is 9.59 Å². The molecule has 0 radical (unpaired) electrons. The molecule has 3 rings (SSSR count). The lowest BCUT2D eigenvalue weighted by molar-refractivity contribution is 0.0702. The van der Waals surface area contributed by atoms with Crippen molar-refractivity contribution in [2.75, 3.05) is 27.3 Å². The molecule has 1 aliphatic heterocycles. The highest BCUT2D eigenvalue weighted by atomic mass is 32.1. The highest BCUT2D eigenvalue weighted by molar-refractivity contribution is 7.12. The molecule has 1 saturated heterocycles. The van der Waals surface area contributed by atoms with E-state index in [-0.39, 0.29) is 17.9 Å². The van der Waals surface area contributed by atoms with Crippen molar-refractivity contribution in [3.8, 4) is 11.5 Å².